The maximum Gasteiger partial charge on any atom is 0.0345 e. The van der Waals surface area contributed by atoms with Gasteiger partial charge in [0.25, 0.3) is 0 Å². The molecule has 0 radical (unpaired) electrons. The monoisotopic (exact) mass is 266 g/mol. The van der Waals surface area contributed by atoms with Crippen LogP contribution in [0.2, 0.25) is 0 Å². The molecule has 0 aliphatic heterocycles. The lowest BCUT2D eigenvalue weighted by Gasteiger charge is -2.08. The Morgan fingerprint density at radius 3 is 2.26 bits per heavy atom. The highest BCUT2D eigenvalue weighted by Gasteiger charge is 2.04. The van der Waals surface area contributed by atoms with Crippen LogP contribution in [0.5, 0.6) is 0 Å². The molecule has 2 aromatic carbocycles. The van der Waals surface area contributed by atoms with E-state index in [0.717, 1.165) is 0 Å². The number of benzene rings is 2. The van der Waals surface area contributed by atoms with Crippen LogP contribution in [0, 0.1) is 6.92 Å². The van der Waals surface area contributed by atoms with E-state index in [0.29, 0.717) is 5.92 Å². The third kappa shape index (κ3) is 2.43. The van der Waals surface area contributed by atoms with Crippen LogP contribution in [0.4, 0.5) is 0 Å². The summed E-state index contributed by atoms with van der Waals surface area (Å²) in [6.45, 7) is 6.64. The molecule has 0 saturated heterocycles. The summed E-state index contributed by atoms with van der Waals surface area (Å²) >= 11 is 1.86. The van der Waals surface area contributed by atoms with Crippen molar-refractivity contribution >= 4 is 22.1 Å². The smallest absolute Gasteiger partial charge is 0.0345 e. The topological polar surface area (TPSA) is 0 Å². The number of rotatable bonds is 2. The van der Waals surface area contributed by atoms with E-state index in [9.17, 15) is 0 Å². The molecule has 96 valence electrons. The number of aryl methyl sites for hydroxylation is 1. The Kier molecular flexibility index (Phi) is 3.16. The van der Waals surface area contributed by atoms with E-state index < -0.39 is 0 Å². The van der Waals surface area contributed by atoms with Crippen molar-refractivity contribution in [2.45, 2.75) is 26.7 Å². The second-order valence-electron chi connectivity index (χ2n) is 5.39. The zero-order valence-electron chi connectivity index (χ0n) is 11.6. The van der Waals surface area contributed by atoms with Gasteiger partial charge in [0.1, 0.15) is 0 Å². The molecule has 0 nitrogen and oxygen atoms in total. The van der Waals surface area contributed by atoms with Gasteiger partial charge >= 0.3 is 0 Å². The van der Waals surface area contributed by atoms with Crippen LogP contribution in [-0.2, 0) is 0 Å². The van der Waals surface area contributed by atoms with Gasteiger partial charge in [-0.05, 0) is 52.9 Å². The molecule has 0 aliphatic rings. The molecule has 0 saturated carbocycles. The quantitative estimate of drug-likeness (QED) is 0.533. The van der Waals surface area contributed by atoms with E-state index >= 15 is 0 Å². The third-order valence-electron chi connectivity index (χ3n) is 3.56. The Morgan fingerprint density at radius 2 is 1.58 bits per heavy atom. The van der Waals surface area contributed by atoms with E-state index in [4.69, 9.17) is 0 Å². The molecule has 0 aliphatic carbocycles. The molecule has 0 unspecified atom stereocenters. The van der Waals surface area contributed by atoms with Gasteiger partial charge in [0.05, 0.1) is 0 Å². The average Bonchev–Trinajstić information content (AvgIpc) is 2.84. The maximum atomic E-state index is 2.31. The molecule has 0 spiro atoms. The van der Waals surface area contributed by atoms with E-state index in [1.54, 1.807) is 0 Å². The van der Waals surface area contributed by atoms with Gasteiger partial charge in [0, 0.05) is 9.75 Å². The first-order valence-electron chi connectivity index (χ1n) is 6.74. The minimum atomic E-state index is 0.587. The molecule has 19 heavy (non-hydrogen) atoms. The Hall–Kier alpha value is -1.60. The van der Waals surface area contributed by atoms with Crippen LogP contribution in [-0.4, -0.2) is 0 Å². The summed E-state index contributed by atoms with van der Waals surface area (Å²) in [6, 6.07) is 18.0. The Morgan fingerprint density at radius 1 is 0.842 bits per heavy atom. The molecule has 3 rings (SSSR count). The fourth-order valence-electron chi connectivity index (χ4n) is 2.37. The molecule has 1 heterocycles. The summed E-state index contributed by atoms with van der Waals surface area (Å²) in [5, 5.41) is 2.66. The van der Waals surface area contributed by atoms with Crippen LogP contribution in [0.3, 0.4) is 0 Å². The Labute approximate surface area is 118 Å². The van der Waals surface area contributed by atoms with Crippen LogP contribution in [0.25, 0.3) is 21.2 Å². The van der Waals surface area contributed by atoms with Crippen molar-refractivity contribution < 1.29 is 0 Å². The molecular formula is C18H18S. The largest absolute Gasteiger partial charge is 0.141 e. The Balaban J connectivity index is 2.09. The molecule has 0 amide bonds. The average molecular weight is 266 g/mol. The molecule has 0 bridgehead atoms. The van der Waals surface area contributed by atoms with Crippen LogP contribution >= 0.6 is 11.3 Å². The number of hydrogen-bond donors (Lipinski definition) is 0. The fraction of sp³-hybridized carbons (Fsp3) is 0.222. The molecule has 1 aromatic heterocycles. The summed E-state index contributed by atoms with van der Waals surface area (Å²) in [4.78, 5) is 2.72. The molecule has 1 heteroatoms. The van der Waals surface area contributed by atoms with Crippen molar-refractivity contribution in [3.05, 3.63) is 59.0 Å². The van der Waals surface area contributed by atoms with Gasteiger partial charge in [0.2, 0.25) is 0 Å². The van der Waals surface area contributed by atoms with Gasteiger partial charge in [0.15, 0.2) is 0 Å². The van der Waals surface area contributed by atoms with Crippen molar-refractivity contribution in [3.63, 3.8) is 0 Å². The lowest BCUT2D eigenvalue weighted by Crippen LogP contribution is -1.86. The minimum Gasteiger partial charge on any atom is -0.141 e. The maximum absolute atomic E-state index is 2.31. The number of fused-ring (bicyclic) bond motifs is 1. The number of thiophene rings is 1. The zero-order chi connectivity index (χ0) is 13.4. The summed E-state index contributed by atoms with van der Waals surface area (Å²) in [5.41, 5.74) is 2.73. The second-order valence-corrected chi connectivity index (χ2v) is 6.67. The number of hydrogen-bond acceptors (Lipinski definition) is 1. The van der Waals surface area contributed by atoms with Crippen molar-refractivity contribution in [2.75, 3.05) is 0 Å². The highest BCUT2D eigenvalue weighted by atomic mass is 32.1. The zero-order valence-corrected chi connectivity index (χ0v) is 12.4. The first kappa shape index (κ1) is 12.4. The standard InChI is InChI=1S/C18H18S/c1-12(2)14-5-6-16-11-17(8-7-15(16)10-14)18-9-4-13(3)19-18/h4-12H,1-3H3. The summed E-state index contributed by atoms with van der Waals surface area (Å²) in [7, 11) is 0. The van der Waals surface area contributed by atoms with Gasteiger partial charge < -0.3 is 0 Å². The first-order valence-corrected chi connectivity index (χ1v) is 7.55. The molecular weight excluding hydrogens is 248 g/mol. The first-order chi connectivity index (χ1) is 9.13. The van der Waals surface area contributed by atoms with E-state index in [1.807, 2.05) is 11.3 Å². The molecule has 0 atom stereocenters. The van der Waals surface area contributed by atoms with Gasteiger partial charge in [-0.2, -0.15) is 0 Å². The normalized spacial score (nSPS) is 11.4. The van der Waals surface area contributed by atoms with Crippen molar-refractivity contribution in [1.29, 1.82) is 0 Å². The molecule has 3 aromatic rings. The minimum absolute atomic E-state index is 0.587. The van der Waals surface area contributed by atoms with Gasteiger partial charge in [-0.15, -0.1) is 11.3 Å². The fourth-order valence-corrected chi connectivity index (χ4v) is 3.23. The van der Waals surface area contributed by atoms with Gasteiger partial charge in [-0.25, -0.2) is 0 Å². The van der Waals surface area contributed by atoms with Crippen molar-refractivity contribution in [1.82, 2.24) is 0 Å². The molecule has 0 fully saturated rings. The predicted octanol–water partition coefficient (Wildman–Crippen LogP) is 6.00. The van der Waals surface area contributed by atoms with Crippen LogP contribution < -0.4 is 0 Å². The van der Waals surface area contributed by atoms with Crippen LogP contribution in [0.15, 0.2) is 48.5 Å². The van der Waals surface area contributed by atoms with Crippen molar-refractivity contribution in [2.24, 2.45) is 0 Å². The predicted molar refractivity (Wildman–Crippen MR) is 86.1 cm³/mol. The van der Waals surface area contributed by atoms with E-state index in [-0.39, 0.29) is 0 Å². The Bertz CT molecular complexity index is 719. The summed E-state index contributed by atoms with van der Waals surface area (Å²) in [6.07, 6.45) is 0. The van der Waals surface area contributed by atoms with E-state index in [2.05, 4.69) is 69.3 Å². The highest BCUT2D eigenvalue weighted by Crippen LogP contribution is 2.31. The molecule has 0 N–H and O–H groups in total. The van der Waals surface area contributed by atoms with Crippen molar-refractivity contribution in [3.8, 4) is 10.4 Å². The lowest BCUT2D eigenvalue weighted by molar-refractivity contribution is 0.869. The summed E-state index contributed by atoms with van der Waals surface area (Å²) < 4.78 is 0. The van der Waals surface area contributed by atoms with Gasteiger partial charge in [-0.1, -0.05) is 44.2 Å². The van der Waals surface area contributed by atoms with Gasteiger partial charge in [-0.3, -0.25) is 0 Å². The SMILES string of the molecule is Cc1ccc(-c2ccc3cc(C(C)C)ccc3c2)s1. The van der Waals surface area contributed by atoms with E-state index in [1.165, 1.54) is 31.7 Å². The summed E-state index contributed by atoms with van der Waals surface area (Å²) in [5.74, 6) is 0.587. The second kappa shape index (κ2) is 4.82. The van der Waals surface area contributed by atoms with Crippen LogP contribution in [0.1, 0.15) is 30.2 Å². The third-order valence-corrected chi connectivity index (χ3v) is 4.61. The highest BCUT2D eigenvalue weighted by molar-refractivity contribution is 7.15. The lowest BCUT2D eigenvalue weighted by atomic mass is 9.98.